The third-order valence-corrected chi connectivity index (χ3v) is 5.21. The fourth-order valence-corrected chi connectivity index (χ4v) is 3.58. The zero-order valence-corrected chi connectivity index (χ0v) is 18.2. The highest BCUT2D eigenvalue weighted by Crippen LogP contribution is 2.40. The molecule has 6 heteroatoms. The van der Waals surface area contributed by atoms with Crippen molar-refractivity contribution in [2.45, 2.75) is 13.8 Å². The summed E-state index contributed by atoms with van der Waals surface area (Å²) >= 11 is 0. The van der Waals surface area contributed by atoms with Crippen molar-refractivity contribution >= 4 is 17.8 Å². The van der Waals surface area contributed by atoms with Gasteiger partial charge < -0.3 is 18.9 Å². The number of ether oxygens (including phenoxy) is 4. The Labute approximate surface area is 186 Å². The lowest BCUT2D eigenvalue weighted by Gasteiger charge is -2.11. The van der Waals surface area contributed by atoms with E-state index in [4.69, 9.17) is 18.9 Å². The van der Waals surface area contributed by atoms with Crippen molar-refractivity contribution < 1.29 is 28.5 Å². The van der Waals surface area contributed by atoms with Crippen molar-refractivity contribution in [1.82, 2.24) is 0 Å². The lowest BCUT2D eigenvalue weighted by atomic mass is 10.1. The Morgan fingerprint density at radius 1 is 0.938 bits per heavy atom. The van der Waals surface area contributed by atoms with Crippen LogP contribution in [-0.4, -0.2) is 26.0 Å². The van der Waals surface area contributed by atoms with Crippen LogP contribution in [0, 0.1) is 13.8 Å². The van der Waals surface area contributed by atoms with Crippen molar-refractivity contribution in [3.8, 4) is 23.0 Å². The number of benzene rings is 3. The molecule has 3 aromatic rings. The molecule has 32 heavy (non-hydrogen) atoms. The molecule has 3 aromatic carbocycles. The standard InChI is InChI=1S/C26H22O6/c1-15-7-5-9-18(13-15)26(28)32-20-12-11-19-23(27)22(31-24(19)16(20)2)14-17-8-6-10-21(29-3)25(17)30-4/h5-14H,1-4H3/b22-14-. The number of fused-ring (bicyclic) bond motifs is 1. The maximum Gasteiger partial charge on any atom is 0.343 e. The smallest absolute Gasteiger partial charge is 0.343 e. The average Bonchev–Trinajstić information content (AvgIpc) is 3.11. The van der Waals surface area contributed by atoms with Crippen LogP contribution in [-0.2, 0) is 0 Å². The molecule has 162 valence electrons. The zero-order valence-electron chi connectivity index (χ0n) is 18.2. The van der Waals surface area contributed by atoms with Gasteiger partial charge in [0, 0.05) is 11.1 Å². The predicted octanol–water partition coefficient (Wildman–Crippen LogP) is 5.16. The van der Waals surface area contributed by atoms with E-state index in [0.717, 1.165) is 5.56 Å². The predicted molar refractivity (Wildman–Crippen MR) is 120 cm³/mol. The largest absolute Gasteiger partial charge is 0.493 e. The normalized spacial score (nSPS) is 13.5. The summed E-state index contributed by atoms with van der Waals surface area (Å²) in [6.07, 6.45) is 1.61. The van der Waals surface area contributed by atoms with Crippen molar-refractivity contribution in [1.29, 1.82) is 0 Å². The highest BCUT2D eigenvalue weighted by molar-refractivity contribution is 6.15. The molecule has 0 atom stereocenters. The summed E-state index contributed by atoms with van der Waals surface area (Å²) in [4.78, 5) is 25.5. The second kappa shape index (κ2) is 8.59. The van der Waals surface area contributed by atoms with Gasteiger partial charge in [-0.15, -0.1) is 0 Å². The Hall–Kier alpha value is -4.06. The molecule has 0 radical (unpaired) electrons. The summed E-state index contributed by atoms with van der Waals surface area (Å²) in [5.74, 6) is 1.17. The number of allylic oxidation sites excluding steroid dienone is 1. The highest BCUT2D eigenvalue weighted by Gasteiger charge is 2.31. The Kier molecular flexibility index (Phi) is 5.69. The van der Waals surface area contributed by atoms with Crippen LogP contribution in [0.3, 0.4) is 0 Å². The van der Waals surface area contributed by atoms with E-state index in [2.05, 4.69) is 0 Å². The monoisotopic (exact) mass is 430 g/mol. The first-order valence-electron chi connectivity index (χ1n) is 10.0. The minimum absolute atomic E-state index is 0.150. The molecule has 1 heterocycles. The fraction of sp³-hybridized carbons (Fsp3) is 0.154. The molecule has 4 rings (SSSR count). The number of esters is 1. The molecular formula is C26H22O6. The summed E-state index contributed by atoms with van der Waals surface area (Å²) in [5.41, 5.74) is 3.03. The van der Waals surface area contributed by atoms with Gasteiger partial charge in [-0.1, -0.05) is 29.8 Å². The lowest BCUT2D eigenvalue weighted by molar-refractivity contribution is 0.0733. The van der Waals surface area contributed by atoms with Crippen LogP contribution in [0.1, 0.15) is 37.4 Å². The number of carbonyl (C=O) groups excluding carboxylic acids is 2. The van der Waals surface area contributed by atoms with E-state index in [9.17, 15) is 9.59 Å². The SMILES string of the molecule is COc1cccc(/C=C2\Oc3c(ccc(OC(=O)c4cccc(C)c4)c3C)C2=O)c1OC. The molecule has 0 bridgehead atoms. The average molecular weight is 430 g/mol. The summed E-state index contributed by atoms with van der Waals surface area (Å²) in [5, 5.41) is 0. The van der Waals surface area contributed by atoms with Crippen molar-refractivity contribution in [2.24, 2.45) is 0 Å². The summed E-state index contributed by atoms with van der Waals surface area (Å²) < 4.78 is 22.2. The third-order valence-electron chi connectivity index (χ3n) is 5.21. The fourth-order valence-electron chi connectivity index (χ4n) is 3.58. The number of hydrogen-bond acceptors (Lipinski definition) is 6. The molecule has 6 nitrogen and oxygen atoms in total. The molecule has 1 aliphatic heterocycles. The molecular weight excluding hydrogens is 408 g/mol. The Bertz CT molecular complexity index is 1260. The van der Waals surface area contributed by atoms with E-state index in [1.54, 1.807) is 68.6 Å². The van der Waals surface area contributed by atoms with Gasteiger partial charge in [0.15, 0.2) is 17.3 Å². The molecule has 0 saturated carbocycles. The number of ketones is 1. The lowest BCUT2D eigenvalue weighted by Crippen LogP contribution is -2.09. The van der Waals surface area contributed by atoms with Gasteiger partial charge in [0.05, 0.1) is 25.3 Å². The molecule has 1 aliphatic rings. The van der Waals surface area contributed by atoms with Gasteiger partial charge in [0.25, 0.3) is 0 Å². The maximum absolute atomic E-state index is 12.9. The van der Waals surface area contributed by atoms with E-state index in [1.807, 2.05) is 13.0 Å². The number of rotatable bonds is 5. The van der Waals surface area contributed by atoms with Crippen LogP contribution < -0.4 is 18.9 Å². The van der Waals surface area contributed by atoms with E-state index in [1.165, 1.54) is 7.11 Å². The number of methoxy groups -OCH3 is 2. The van der Waals surface area contributed by atoms with Crippen LogP contribution >= 0.6 is 0 Å². The van der Waals surface area contributed by atoms with Crippen molar-refractivity contribution in [3.63, 3.8) is 0 Å². The Morgan fingerprint density at radius 3 is 2.44 bits per heavy atom. The third kappa shape index (κ3) is 3.83. The molecule has 0 aliphatic carbocycles. The zero-order chi connectivity index (χ0) is 22.8. The van der Waals surface area contributed by atoms with Gasteiger partial charge in [-0.25, -0.2) is 4.79 Å². The van der Waals surface area contributed by atoms with Gasteiger partial charge in [-0.3, -0.25) is 4.79 Å². The molecule has 0 unspecified atom stereocenters. The molecule has 0 spiro atoms. The minimum atomic E-state index is -0.474. The van der Waals surface area contributed by atoms with Gasteiger partial charge in [-0.2, -0.15) is 0 Å². The first-order chi connectivity index (χ1) is 15.4. The van der Waals surface area contributed by atoms with Crippen LogP contribution in [0.5, 0.6) is 23.0 Å². The summed E-state index contributed by atoms with van der Waals surface area (Å²) in [6.45, 7) is 3.65. The first kappa shape index (κ1) is 21.2. The Balaban J connectivity index is 1.64. The molecule has 0 fully saturated rings. The summed E-state index contributed by atoms with van der Waals surface area (Å²) in [6, 6.07) is 15.7. The van der Waals surface area contributed by atoms with E-state index < -0.39 is 5.97 Å². The van der Waals surface area contributed by atoms with Crippen LogP contribution in [0.15, 0.2) is 60.4 Å². The van der Waals surface area contributed by atoms with E-state index >= 15 is 0 Å². The van der Waals surface area contributed by atoms with Gasteiger partial charge in [-0.05, 0) is 50.3 Å². The van der Waals surface area contributed by atoms with Crippen molar-refractivity contribution in [3.05, 3.63) is 88.2 Å². The number of aryl methyl sites for hydroxylation is 1. The maximum atomic E-state index is 12.9. The molecule has 0 saturated heterocycles. The number of hydrogen-bond donors (Lipinski definition) is 0. The highest BCUT2D eigenvalue weighted by atomic mass is 16.5. The summed E-state index contributed by atoms with van der Waals surface area (Å²) in [7, 11) is 3.08. The minimum Gasteiger partial charge on any atom is -0.493 e. The van der Waals surface area contributed by atoms with Gasteiger partial charge in [0.1, 0.15) is 11.5 Å². The van der Waals surface area contributed by atoms with E-state index in [0.29, 0.717) is 45.3 Å². The van der Waals surface area contributed by atoms with Crippen molar-refractivity contribution in [2.75, 3.05) is 14.2 Å². The quantitative estimate of drug-likeness (QED) is 0.316. The van der Waals surface area contributed by atoms with Gasteiger partial charge in [0.2, 0.25) is 5.78 Å². The topological polar surface area (TPSA) is 71.1 Å². The Morgan fingerprint density at radius 2 is 1.72 bits per heavy atom. The number of para-hydroxylation sites is 1. The van der Waals surface area contributed by atoms with Crippen LogP contribution in [0.2, 0.25) is 0 Å². The second-order valence-electron chi connectivity index (χ2n) is 7.35. The molecule has 0 amide bonds. The van der Waals surface area contributed by atoms with Crippen LogP contribution in [0.4, 0.5) is 0 Å². The van der Waals surface area contributed by atoms with E-state index in [-0.39, 0.29) is 11.5 Å². The van der Waals surface area contributed by atoms with Crippen LogP contribution in [0.25, 0.3) is 6.08 Å². The van der Waals surface area contributed by atoms with Gasteiger partial charge >= 0.3 is 5.97 Å². The first-order valence-corrected chi connectivity index (χ1v) is 10.0. The molecule has 0 aromatic heterocycles. The number of Topliss-reactive ketones (excluding diaryl/α,β-unsaturated/α-hetero) is 1. The number of carbonyl (C=O) groups is 2. The molecule has 0 N–H and O–H groups in total. The second-order valence-corrected chi connectivity index (χ2v) is 7.35.